The van der Waals surface area contributed by atoms with Gasteiger partial charge in [0, 0.05) is 46.4 Å². The molecule has 4 aromatic rings. The zero-order chi connectivity index (χ0) is 35.6. The summed E-state index contributed by atoms with van der Waals surface area (Å²) in [5.41, 5.74) is 15.7. The van der Waals surface area contributed by atoms with Gasteiger partial charge in [0.05, 0.1) is 17.2 Å². The molecule has 6 N–H and O–H groups in total. The van der Waals surface area contributed by atoms with Crippen molar-refractivity contribution in [2.45, 2.75) is 88.1 Å². The molecule has 0 amide bonds. The number of thioether (sulfide) groups is 1. The van der Waals surface area contributed by atoms with E-state index >= 15 is 4.39 Å². The van der Waals surface area contributed by atoms with E-state index in [4.69, 9.17) is 11.5 Å². The summed E-state index contributed by atoms with van der Waals surface area (Å²) in [5.74, 6) is -1.52. The SMILES string of the molecule is CSc1cc(-n2cc3cc(-c4cc(CCCC(N)=C5CC5)cc(OC(F)(F)F)c4F)[nH]c3nc2=O)ccc1[C@@H]1CCC[C@@H](CCN=C(C)N)N1. The van der Waals surface area contributed by atoms with Crippen LogP contribution in [0.2, 0.25) is 0 Å². The minimum absolute atomic E-state index is 0.121. The van der Waals surface area contributed by atoms with E-state index in [1.807, 2.05) is 24.5 Å². The number of hydrogen-bond donors (Lipinski definition) is 4. The Morgan fingerprint density at radius 1 is 1.16 bits per heavy atom. The number of rotatable bonds is 12. The number of amidine groups is 1. The second kappa shape index (κ2) is 14.9. The fraction of sp³-hybridized carbons (Fsp3) is 0.417. The molecule has 50 heavy (non-hydrogen) atoms. The number of halogens is 4. The highest BCUT2D eigenvalue weighted by Gasteiger charge is 2.33. The highest BCUT2D eigenvalue weighted by molar-refractivity contribution is 7.98. The maximum atomic E-state index is 15.6. The lowest BCUT2D eigenvalue weighted by Crippen LogP contribution is -2.37. The number of nitrogens with two attached hydrogens (primary N) is 2. The van der Waals surface area contributed by atoms with E-state index in [1.165, 1.54) is 16.2 Å². The number of aryl methyl sites for hydroxylation is 1. The topological polar surface area (TPSA) is 136 Å². The van der Waals surface area contributed by atoms with Crippen LogP contribution in [-0.2, 0) is 6.42 Å². The third kappa shape index (κ3) is 8.52. The molecule has 1 aliphatic heterocycles. The second-order valence-electron chi connectivity index (χ2n) is 13.0. The van der Waals surface area contributed by atoms with Gasteiger partial charge >= 0.3 is 12.1 Å². The first-order valence-electron chi connectivity index (χ1n) is 16.8. The molecule has 2 aliphatic rings. The standard InChI is InChI=1S/C36H41F4N7O2S/c1-20(41)43-14-13-24-6-4-8-29(44-24)26-12-11-25(18-32(26)50-2)47-19-23-17-30(45-34(23)46-35(47)48)27-15-21(5-3-7-28(42)22-9-10-22)16-31(33(27)37)49-36(38,39)40/h11-12,15-19,24,29,44H,3-10,13-14,42H2,1-2H3,(H2,41,43)(H,45,46,48)/t24-,29-/m0/s1. The number of ether oxygens (including phenoxy) is 1. The minimum atomic E-state index is -5.08. The maximum absolute atomic E-state index is 15.6. The predicted octanol–water partition coefficient (Wildman–Crippen LogP) is 7.42. The molecular formula is C36H41F4N7O2S. The van der Waals surface area contributed by atoms with Crippen LogP contribution in [0, 0.1) is 5.82 Å². The Labute approximate surface area is 291 Å². The van der Waals surface area contributed by atoms with E-state index in [9.17, 15) is 18.0 Å². The fourth-order valence-corrected chi connectivity index (χ4v) is 7.27. The van der Waals surface area contributed by atoms with E-state index in [0.717, 1.165) is 60.7 Å². The molecule has 0 spiro atoms. The first-order valence-corrected chi connectivity index (χ1v) is 18.0. The lowest BCUT2D eigenvalue weighted by molar-refractivity contribution is -0.275. The largest absolute Gasteiger partial charge is 0.573 e. The average Bonchev–Trinajstić information content (AvgIpc) is 3.84. The summed E-state index contributed by atoms with van der Waals surface area (Å²) < 4.78 is 60.8. The number of H-pyrrole nitrogens is 1. The Morgan fingerprint density at radius 3 is 2.68 bits per heavy atom. The molecule has 1 saturated heterocycles. The lowest BCUT2D eigenvalue weighted by atomic mass is 9.92. The first kappa shape index (κ1) is 35.5. The Hall–Kier alpha value is -4.30. The van der Waals surface area contributed by atoms with Crippen LogP contribution in [0.5, 0.6) is 5.75 Å². The highest BCUT2D eigenvalue weighted by Crippen LogP contribution is 2.37. The van der Waals surface area contributed by atoms with Crippen molar-refractivity contribution < 1.29 is 22.3 Å². The summed E-state index contributed by atoms with van der Waals surface area (Å²) in [6, 6.07) is 10.5. The monoisotopic (exact) mass is 711 g/mol. The van der Waals surface area contributed by atoms with Crippen LogP contribution in [0.15, 0.2) is 68.5 Å². The molecule has 266 valence electrons. The molecule has 2 aromatic heterocycles. The number of piperidine rings is 1. The van der Waals surface area contributed by atoms with Gasteiger partial charge in [-0.1, -0.05) is 18.1 Å². The van der Waals surface area contributed by atoms with Crippen LogP contribution in [0.25, 0.3) is 28.0 Å². The maximum Gasteiger partial charge on any atom is 0.573 e. The number of alkyl halides is 3. The number of allylic oxidation sites excluding steroid dienone is 2. The van der Waals surface area contributed by atoms with Crippen LogP contribution < -0.4 is 27.2 Å². The zero-order valence-electron chi connectivity index (χ0n) is 28.0. The molecule has 0 unspecified atom stereocenters. The van der Waals surface area contributed by atoms with Gasteiger partial charge < -0.3 is 26.5 Å². The van der Waals surface area contributed by atoms with Gasteiger partial charge in [-0.25, -0.2) is 9.18 Å². The molecule has 3 heterocycles. The normalized spacial score (nSPS) is 18.1. The summed E-state index contributed by atoms with van der Waals surface area (Å²) in [6.07, 6.45) is 6.04. The van der Waals surface area contributed by atoms with Crippen LogP contribution in [0.4, 0.5) is 17.6 Å². The summed E-state index contributed by atoms with van der Waals surface area (Å²) in [4.78, 5) is 25.8. The summed E-state index contributed by atoms with van der Waals surface area (Å²) in [6.45, 7) is 2.46. The summed E-state index contributed by atoms with van der Waals surface area (Å²) in [7, 11) is 0. The quantitative estimate of drug-likeness (QED) is 0.0520. The molecule has 2 aromatic carbocycles. The number of hydrogen-bond acceptors (Lipinski definition) is 7. The van der Waals surface area contributed by atoms with E-state index in [-0.39, 0.29) is 22.9 Å². The average molecular weight is 712 g/mol. The van der Waals surface area contributed by atoms with Gasteiger partial charge in [-0.2, -0.15) is 4.98 Å². The lowest BCUT2D eigenvalue weighted by Gasteiger charge is -2.32. The van der Waals surface area contributed by atoms with Gasteiger partial charge in [0.2, 0.25) is 0 Å². The van der Waals surface area contributed by atoms with Gasteiger partial charge in [-0.15, -0.1) is 24.9 Å². The highest BCUT2D eigenvalue weighted by atomic mass is 32.2. The van der Waals surface area contributed by atoms with Crippen molar-refractivity contribution in [1.82, 2.24) is 19.9 Å². The molecular weight excluding hydrogens is 671 g/mol. The molecule has 2 fully saturated rings. The predicted molar refractivity (Wildman–Crippen MR) is 189 cm³/mol. The number of aromatic nitrogens is 3. The smallest absolute Gasteiger partial charge is 0.403 e. The number of benzene rings is 2. The number of aromatic amines is 1. The third-order valence-corrected chi connectivity index (χ3v) is 9.97. The Bertz CT molecular complexity index is 1990. The van der Waals surface area contributed by atoms with Crippen molar-refractivity contribution in [3.05, 3.63) is 81.3 Å². The van der Waals surface area contributed by atoms with Gasteiger partial charge in [0.1, 0.15) is 5.65 Å². The van der Waals surface area contributed by atoms with Gasteiger partial charge in [-0.05, 0) is 106 Å². The molecule has 0 radical (unpaired) electrons. The van der Waals surface area contributed by atoms with Gasteiger partial charge in [0.25, 0.3) is 0 Å². The van der Waals surface area contributed by atoms with Crippen molar-refractivity contribution in [2.24, 2.45) is 16.5 Å². The van der Waals surface area contributed by atoms with Crippen molar-refractivity contribution in [3.63, 3.8) is 0 Å². The molecule has 9 nitrogen and oxygen atoms in total. The molecule has 1 aliphatic carbocycles. The van der Waals surface area contributed by atoms with Crippen LogP contribution in [-0.4, -0.2) is 45.6 Å². The second-order valence-corrected chi connectivity index (χ2v) is 13.8. The number of nitrogens with one attached hydrogen (secondary N) is 2. The Balaban J connectivity index is 1.28. The summed E-state index contributed by atoms with van der Waals surface area (Å²) in [5, 5.41) is 4.24. The van der Waals surface area contributed by atoms with Crippen molar-refractivity contribution in [1.29, 1.82) is 0 Å². The van der Waals surface area contributed by atoms with E-state index in [0.29, 0.717) is 54.3 Å². The third-order valence-electron chi connectivity index (χ3n) is 9.18. The van der Waals surface area contributed by atoms with Gasteiger partial charge in [-0.3, -0.25) is 9.56 Å². The van der Waals surface area contributed by atoms with Gasteiger partial charge in [0.15, 0.2) is 11.6 Å². The molecule has 1 saturated carbocycles. The zero-order valence-corrected chi connectivity index (χ0v) is 28.8. The van der Waals surface area contributed by atoms with Crippen LogP contribution in [0.3, 0.4) is 0 Å². The summed E-state index contributed by atoms with van der Waals surface area (Å²) >= 11 is 1.59. The van der Waals surface area contributed by atoms with Crippen molar-refractivity contribution >= 4 is 28.6 Å². The van der Waals surface area contributed by atoms with Crippen molar-refractivity contribution in [3.8, 4) is 22.7 Å². The first-order chi connectivity index (χ1) is 23.9. The van der Waals surface area contributed by atoms with Crippen LogP contribution in [0.1, 0.15) is 75.5 Å². The molecule has 6 rings (SSSR count). The van der Waals surface area contributed by atoms with Crippen molar-refractivity contribution in [2.75, 3.05) is 12.8 Å². The number of aliphatic imine (C=N–C) groups is 1. The number of nitrogens with zero attached hydrogens (tertiary/aromatic N) is 3. The van der Waals surface area contributed by atoms with Crippen LogP contribution >= 0.6 is 11.8 Å². The van der Waals surface area contributed by atoms with E-state index in [2.05, 4.69) is 25.0 Å². The Kier molecular flexibility index (Phi) is 10.6. The minimum Gasteiger partial charge on any atom is -0.403 e. The molecule has 14 heteroatoms. The van der Waals surface area contributed by atoms with E-state index in [1.54, 1.807) is 30.9 Å². The fourth-order valence-electron chi connectivity index (χ4n) is 6.59. The molecule has 0 bridgehead atoms. The number of fused-ring (bicyclic) bond motifs is 1. The van der Waals surface area contributed by atoms with E-state index < -0.39 is 23.6 Å². The Morgan fingerprint density at radius 2 is 1.96 bits per heavy atom. The molecule has 2 atom stereocenters.